The molecule has 10 heteroatoms. The molecule has 2 fully saturated rings. The number of sulfonamides is 2. The Morgan fingerprint density at radius 3 is 2.33 bits per heavy atom. The molecule has 2 heterocycles. The molecule has 0 aromatic heterocycles. The average molecular weight is 492 g/mol. The van der Waals surface area contributed by atoms with Gasteiger partial charge in [-0.05, 0) is 62.1 Å². The fraction of sp³-hybridized carbons (Fsp3) is 0.435. The van der Waals surface area contributed by atoms with E-state index < -0.39 is 26.0 Å². The summed E-state index contributed by atoms with van der Waals surface area (Å²) in [6.07, 6.45) is 4.30. The molecule has 8 nitrogen and oxygen atoms in total. The standard InChI is InChI=1S/C23H29N3O5S2/c1-18-10-11-20(17-22(18)33(30,31)25-12-4-2-3-5-13-25)24-23(27)19-8-6-9-21(16-19)26-14-7-15-32(26,28)29/h6,8-11,16-17H,2-5,7,12-15H2,1H3,(H,24,27). The maximum Gasteiger partial charge on any atom is 0.255 e. The lowest BCUT2D eigenvalue weighted by atomic mass is 10.1. The smallest absolute Gasteiger partial charge is 0.255 e. The van der Waals surface area contributed by atoms with Crippen LogP contribution >= 0.6 is 0 Å². The number of hydrogen-bond acceptors (Lipinski definition) is 5. The van der Waals surface area contributed by atoms with Crippen LogP contribution in [0.25, 0.3) is 0 Å². The third-order valence-corrected chi connectivity index (χ3v) is 10.0. The van der Waals surface area contributed by atoms with Gasteiger partial charge in [0.05, 0.1) is 16.3 Å². The Morgan fingerprint density at radius 1 is 0.939 bits per heavy atom. The molecule has 0 atom stereocenters. The summed E-state index contributed by atoms with van der Waals surface area (Å²) >= 11 is 0. The van der Waals surface area contributed by atoms with Crippen LogP contribution in [0.1, 0.15) is 48.0 Å². The number of anilines is 2. The van der Waals surface area contributed by atoms with E-state index in [-0.39, 0.29) is 10.6 Å². The van der Waals surface area contributed by atoms with Gasteiger partial charge < -0.3 is 5.32 Å². The van der Waals surface area contributed by atoms with Crippen LogP contribution in [-0.4, -0.2) is 52.4 Å². The number of benzene rings is 2. The van der Waals surface area contributed by atoms with Gasteiger partial charge in [0.15, 0.2) is 0 Å². The summed E-state index contributed by atoms with van der Waals surface area (Å²) in [6.45, 7) is 3.15. The first kappa shape index (κ1) is 23.7. The summed E-state index contributed by atoms with van der Waals surface area (Å²) < 4.78 is 53.8. The zero-order valence-corrected chi connectivity index (χ0v) is 20.3. The van der Waals surface area contributed by atoms with Crippen molar-refractivity contribution >= 4 is 37.3 Å². The summed E-state index contributed by atoms with van der Waals surface area (Å²) in [7, 11) is -7.01. The Balaban J connectivity index is 1.57. The fourth-order valence-corrected chi connectivity index (χ4v) is 7.64. The van der Waals surface area contributed by atoms with Gasteiger partial charge in [0, 0.05) is 30.9 Å². The lowest BCUT2D eigenvalue weighted by molar-refractivity contribution is 0.102. The van der Waals surface area contributed by atoms with Gasteiger partial charge in [0.2, 0.25) is 20.0 Å². The monoisotopic (exact) mass is 491 g/mol. The van der Waals surface area contributed by atoms with Crippen molar-refractivity contribution in [2.75, 3.05) is 35.0 Å². The predicted octanol–water partition coefficient (Wildman–Crippen LogP) is 3.35. The Kier molecular flexibility index (Phi) is 6.78. The number of carbonyl (C=O) groups excluding carboxylic acids is 1. The molecule has 0 bridgehead atoms. The molecule has 2 aliphatic heterocycles. The molecule has 4 rings (SSSR count). The number of carbonyl (C=O) groups is 1. The highest BCUT2D eigenvalue weighted by atomic mass is 32.2. The van der Waals surface area contributed by atoms with Crippen molar-refractivity contribution in [2.24, 2.45) is 0 Å². The van der Waals surface area contributed by atoms with Gasteiger partial charge in [0.1, 0.15) is 0 Å². The van der Waals surface area contributed by atoms with E-state index in [1.807, 2.05) is 0 Å². The molecular weight excluding hydrogens is 462 g/mol. The average Bonchev–Trinajstić information content (AvgIpc) is 2.97. The zero-order chi connectivity index (χ0) is 23.6. The lowest BCUT2D eigenvalue weighted by Crippen LogP contribution is -2.32. The molecule has 178 valence electrons. The number of aryl methyl sites for hydroxylation is 1. The van der Waals surface area contributed by atoms with Crippen LogP contribution in [0.2, 0.25) is 0 Å². The molecule has 1 amide bonds. The molecule has 0 aliphatic carbocycles. The van der Waals surface area contributed by atoms with Crippen LogP contribution in [0.15, 0.2) is 47.4 Å². The van der Waals surface area contributed by atoms with Crippen LogP contribution < -0.4 is 9.62 Å². The number of nitrogens with zero attached hydrogens (tertiary/aromatic N) is 2. The quantitative estimate of drug-likeness (QED) is 0.691. The van der Waals surface area contributed by atoms with Crippen LogP contribution in [0, 0.1) is 6.92 Å². The summed E-state index contributed by atoms with van der Waals surface area (Å²) in [5.74, 6) is -0.337. The van der Waals surface area contributed by atoms with E-state index in [0.29, 0.717) is 48.6 Å². The highest BCUT2D eigenvalue weighted by Crippen LogP contribution is 2.27. The first-order chi connectivity index (χ1) is 15.7. The Bertz CT molecular complexity index is 1250. The first-order valence-electron chi connectivity index (χ1n) is 11.2. The maximum absolute atomic E-state index is 13.3. The van der Waals surface area contributed by atoms with Gasteiger partial charge in [-0.3, -0.25) is 9.10 Å². The molecular formula is C23H29N3O5S2. The molecule has 0 saturated carbocycles. The van der Waals surface area contributed by atoms with Crippen molar-refractivity contribution in [2.45, 2.75) is 43.9 Å². The molecule has 33 heavy (non-hydrogen) atoms. The molecule has 0 unspecified atom stereocenters. The van der Waals surface area contributed by atoms with E-state index in [2.05, 4.69) is 5.32 Å². The van der Waals surface area contributed by atoms with Crippen molar-refractivity contribution < 1.29 is 21.6 Å². The number of amides is 1. The summed E-state index contributed by atoms with van der Waals surface area (Å²) in [5.41, 5.74) is 1.75. The lowest BCUT2D eigenvalue weighted by Gasteiger charge is -2.21. The van der Waals surface area contributed by atoms with Gasteiger partial charge in [-0.2, -0.15) is 4.31 Å². The minimum atomic E-state index is -3.66. The zero-order valence-electron chi connectivity index (χ0n) is 18.7. The van der Waals surface area contributed by atoms with Crippen molar-refractivity contribution in [3.05, 3.63) is 53.6 Å². The number of rotatable bonds is 5. The first-order valence-corrected chi connectivity index (χ1v) is 14.3. The van der Waals surface area contributed by atoms with Crippen molar-refractivity contribution in [3.8, 4) is 0 Å². The molecule has 2 aromatic carbocycles. The summed E-state index contributed by atoms with van der Waals surface area (Å²) in [6, 6.07) is 11.3. The van der Waals surface area contributed by atoms with E-state index in [1.165, 1.54) is 14.7 Å². The van der Waals surface area contributed by atoms with Crippen LogP contribution in [-0.2, 0) is 20.0 Å². The van der Waals surface area contributed by atoms with E-state index in [0.717, 1.165) is 25.7 Å². The third kappa shape index (κ3) is 5.07. The Morgan fingerprint density at radius 2 is 1.67 bits per heavy atom. The van der Waals surface area contributed by atoms with Gasteiger partial charge in [-0.1, -0.05) is 25.0 Å². The van der Waals surface area contributed by atoms with E-state index in [9.17, 15) is 21.6 Å². The molecule has 2 saturated heterocycles. The number of hydrogen-bond donors (Lipinski definition) is 1. The molecule has 0 radical (unpaired) electrons. The van der Waals surface area contributed by atoms with Gasteiger partial charge in [-0.15, -0.1) is 0 Å². The highest BCUT2D eigenvalue weighted by Gasteiger charge is 2.29. The van der Waals surface area contributed by atoms with Crippen molar-refractivity contribution in [1.82, 2.24) is 4.31 Å². The minimum Gasteiger partial charge on any atom is -0.322 e. The van der Waals surface area contributed by atoms with Crippen LogP contribution in [0.3, 0.4) is 0 Å². The second-order valence-corrected chi connectivity index (χ2v) is 12.5. The normalized spacial score (nSPS) is 19.2. The second kappa shape index (κ2) is 9.44. The summed E-state index contributed by atoms with van der Waals surface area (Å²) in [4.78, 5) is 13.1. The van der Waals surface area contributed by atoms with Crippen molar-refractivity contribution in [1.29, 1.82) is 0 Å². The van der Waals surface area contributed by atoms with Crippen molar-refractivity contribution in [3.63, 3.8) is 0 Å². The van der Waals surface area contributed by atoms with E-state index in [1.54, 1.807) is 43.3 Å². The second-order valence-electron chi connectivity index (χ2n) is 8.54. The van der Waals surface area contributed by atoms with E-state index in [4.69, 9.17) is 0 Å². The third-order valence-electron chi connectivity index (χ3n) is 6.12. The van der Waals surface area contributed by atoms with Crippen LogP contribution in [0.5, 0.6) is 0 Å². The Hall–Kier alpha value is -2.43. The predicted molar refractivity (Wildman–Crippen MR) is 129 cm³/mol. The minimum absolute atomic E-state index is 0.0983. The molecule has 0 spiro atoms. The van der Waals surface area contributed by atoms with Gasteiger partial charge in [-0.25, -0.2) is 16.8 Å². The molecule has 2 aliphatic rings. The fourth-order valence-electron chi connectivity index (χ4n) is 4.31. The van der Waals surface area contributed by atoms with Gasteiger partial charge >= 0.3 is 0 Å². The Labute approximate surface area is 195 Å². The SMILES string of the molecule is Cc1ccc(NC(=O)c2cccc(N3CCCS3(=O)=O)c2)cc1S(=O)(=O)N1CCCCCC1. The number of nitrogens with one attached hydrogen (secondary N) is 1. The molecule has 2 aromatic rings. The molecule has 1 N–H and O–H groups in total. The topological polar surface area (TPSA) is 104 Å². The van der Waals surface area contributed by atoms with Crippen LogP contribution in [0.4, 0.5) is 11.4 Å². The highest BCUT2D eigenvalue weighted by molar-refractivity contribution is 7.93. The largest absolute Gasteiger partial charge is 0.322 e. The van der Waals surface area contributed by atoms with E-state index >= 15 is 0 Å². The van der Waals surface area contributed by atoms with Gasteiger partial charge in [0.25, 0.3) is 5.91 Å². The summed E-state index contributed by atoms with van der Waals surface area (Å²) in [5, 5.41) is 2.76. The maximum atomic E-state index is 13.3.